The molecule has 12 heavy (non-hydrogen) atoms. The first kappa shape index (κ1) is 8.23. The minimum absolute atomic E-state index is 0.327. The molecule has 1 fully saturated rings. The number of hydrogen-bond donors (Lipinski definition) is 0. The Bertz CT molecular complexity index is 315. The lowest BCUT2D eigenvalue weighted by Gasteiger charge is -1.97. The first-order valence-electron chi connectivity index (χ1n) is 4.07. The van der Waals surface area contributed by atoms with Crippen LogP contribution in [0.5, 0.6) is 0 Å². The van der Waals surface area contributed by atoms with Crippen molar-refractivity contribution in [1.29, 1.82) is 0 Å². The number of carbonyl (C=O) groups excluding carboxylic acids is 1. The van der Waals surface area contributed by atoms with Gasteiger partial charge in [-0.2, -0.15) is 0 Å². The lowest BCUT2D eigenvalue weighted by Crippen LogP contribution is -2.00. The molecule has 1 aromatic rings. The lowest BCUT2D eigenvalue weighted by atomic mass is 10.1. The highest BCUT2D eigenvalue weighted by Crippen LogP contribution is 2.32. The van der Waals surface area contributed by atoms with Gasteiger partial charge in [0.1, 0.15) is 0 Å². The zero-order chi connectivity index (χ0) is 8.55. The molecule has 1 nitrogen and oxygen atoms in total. The highest BCUT2D eigenvalue weighted by Gasteiger charge is 2.30. The van der Waals surface area contributed by atoms with Crippen LogP contribution < -0.4 is 0 Å². The molecule has 1 aliphatic rings. The van der Waals surface area contributed by atoms with Gasteiger partial charge in [0, 0.05) is 15.1 Å². The summed E-state index contributed by atoms with van der Waals surface area (Å²) < 4.78 is 1.14. The predicted molar refractivity (Wildman–Crippen MR) is 56.2 cm³/mol. The van der Waals surface area contributed by atoms with Gasteiger partial charge in [-0.05, 0) is 47.6 Å². The lowest BCUT2D eigenvalue weighted by molar-refractivity contribution is 0.0967. The van der Waals surface area contributed by atoms with Crippen molar-refractivity contribution >= 4 is 28.4 Å². The molecule has 62 valence electrons. The van der Waals surface area contributed by atoms with Crippen LogP contribution >= 0.6 is 22.6 Å². The molecule has 1 aromatic carbocycles. The molecule has 0 N–H and O–H groups in total. The van der Waals surface area contributed by atoms with Gasteiger partial charge in [0.25, 0.3) is 0 Å². The second kappa shape index (κ2) is 3.17. The average molecular weight is 272 g/mol. The van der Waals surface area contributed by atoms with E-state index in [1.54, 1.807) is 0 Å². The van der Waals surface area contributed by atoms with Crippen LogP contribution in [0.25, 0.3) is 0 Å². The van der Waals surface area contributed by atoms with E-state index in [0.29, 0.717) is 11.7 Å². The van der Waals surface area contributed by atoms with Crippen LogP contribution in [0.1, 0.15) is 23.2 Å². The maximum Gasteiger partial charge on any atom is 0.165 e. The van der Waals surface area contributed by atoms with Gasteiger partial charge in [0.05, 0.1) is 0 Å². The Balaban J connectivity index is 2.26. The van der Waals surface area contributed by atoms with Crippen molar-refractivity contribution in [2.24, 2.45) is 5.92 Å². The molecule has 0 heterocycles. The van der Waals surface area contributed by atoms with Crippen molar-refractivity contribution < 1.29 is 4.79 Å². The molecule has 0 bridgehead atoms. The Morgan fingerprint density at radius 2 is 2.17 bits per heavy atom. The molecule has 0 atom stereocenters. The Kier molecular flexibility index (Phi) is 2.17. The zero-order valence-electron chi connectivity index (χ0n) is 6.59. The standard InChI is InChI=1S/C10H9IO/c11-9-3-1-2-8(6-9)10(12)7-4-5-7/h1-3,6-7H,4-5H2. The molecular formula is C10H9IO. The van der Waals surface area contributed by atoms with Gasteiger partial charge >= 0.3 is 0 Å². The Hall–Kier alpha value is -0.380. The summed E-state index contributed by atoms with van der Waals surface area (Å²) in [5.74, 6) is 0.664. The second-order valence-electron chi connectivity index (χ2n) is 3.15. The number of halogens is 1. The third kappa shape index (κ3) is 1.68. The highest BCUT2D eigenvalue weighted by atomic mass is 127. The number of rotatable bonds is 2. The van der Waals surface area contributed by atoms with Gasteiger partial charge in [-0.1, -0.05) is 12.1 Å². The second-order valence-corrected chi connectivity index (χ2v) is 4.39. The summed E-state index contributed by atoms with van der Waals surface area (Å²) in [6.45, 7) is 0. The maximum atomic E-state index is 11.6. The fourth-order valence-corrected chi connectivity index (χ4v) is 1.77. The third-order valence-corrected chi connectivity index (χ3v) is 2.73. The fraction of sp³-hybridized carbons (Fsp3) is 0.300. The van der Waals surface area contributed by atoms with Gasteiger partial charge in [-0.15, -0.1) is 0 Å². The molecule has 2 heteroatoms. The Morgan fingerprint density at radius 1 is 1.42 bits per heavy atom. The van der Waals surface area contributed by atoms with Gasteiger partial charge in [-0.25, -0.2) is 0 Å². The van der Waals surface area contributed by atoms with Crippen LogP contribution in [0, 0.1) is 9.49 Å². The summed E-state index contributed by atoms with van der Waals surface area (Å²) >= 11 is 2.23. The SMILES string of the molecule is O=C(c1cccc(I)c1)C1CC1. The third-order valence-electron chi connectivity index (χ3n) is 2.06. The van der Waals surface area contributed by atoms with Crippen LogP contribution in [0.2, 0.25) is 0 Å². The molecule has 1 aliphatic carbocycles. The molecule has 0 radical (unpaired) electrons. The average Bonchev–Trinajstić information content (AvgIpc) is 2.85. The molecule has 0 saturated heterocycles. The van der Waals surface area contributed by atoms with E-state index in [0.717, 1.165) is 22.0 Å². The van der Waals surface area contributed by atoms with E-state index < -0.39 is 0 Å². The van der Waals surface area contributed by atoms with Crippen LogP contribution in [-0.4, -0.2) is 5.78 Å². The number of Topliss-reactive ketones (excluding diaryl/α,β-unsaturated/α-hetero) is 1. The largest absolute Gasteiger partial charge is 0.294 e. The maximum absolute atomic E-state index is 11.6. The van der Waals surface area contributed by atoms with Crippen molar-refractivity contribution in [2.75, 3.05) is 0 Å². The van der Waals surface area contributed by atoms with Crippen molar-refractivity contribution in [3.8, 4) is 0 Å². The van der Waals surface area contributed by atoms with Gasteiger partial charge in [0.15, 0.2) is 5.78 Å². The summed E-state index contributed by atoms with van der Waals surface area (Å²) in [4.78, 5) is 11.6. The van der Waals surface area contributed by atoms with E-state index in [1.165, 1.54) is 0 Å². The van der Waals surface area contributed by atoms with E-state index in [-0.39, 0.29) is 0 Å². The fourth-order valence-electron chi connectivity index (χ4n) is 1.22. The minimum Gasteiger partial charge on any atom is -0.294 e. The van der Waals surface area contributed by atoms with Crippen LogP contribution in [0.4, 0.5) is 0 Å². The molecule has 0 spiro atoms. The molecular weight excluding hydrogens is 263 g/mol. The van der Waals surface area contributed by atoms with Crippen molar-refractivity contribution in [2.45, 2.75) is 12.8 Å². The number of ketones is 1. The van der Waals surface area contributed by atoms with E-state index in [4.69, 9.17) is 0 Å². The Labute approximate surface area is 85.3 Å². The first-order valence-corrected chi connectivity index (χ1v) is 5.15. The quantitative estimate of drug-likeness (QED) is 0.597. The van der Waals surface area contributed by atoms with Crippen molar-refractivity contribution in [3.05, 3.63) is 33.4 Å². The topological polar surface area (TPSA) is 17.1 Å². The number of hydrogen-bond acceptors (Lipinski definition) is 1. The van der Waals surface area contributed by atoms with E-state index in [9.17, 15) is 4.79 Å². The summed E-state index contributed by atoms with van der Waals surface area (Å²) in [5.41, 5.74) is 0.879. The monoisotopic (exact) mass is 272 g/mol. The predicted octanol–water partition coefficient (Wildman–Crippen LogP) is 2.88. The van der Waals surface area contributed by atoms with E-state index in [1.807, 2.05) is 24.3 Å². The summed E-state index contributed by atoms with van der Waals surface area (Å²) in [6, 6.07) is 7.81. The van der Waals surface area contributed by atoms with Crippen LogP contribution in [-0.2, 0) is 0 Å². The smallest absolute Gasteiger partial charge is 0.165 e. The normalized spacial score (nSPS) is 16.1. The molecule has 2 rings (SSSR count). The van der Waals surface area contributed by atoms with Crippen molar-refractivity contribution in [3.63, 3.8) is 0 Å². The molecule has 0 unspecified atom stereocenters. The van der Waals surface area contributed by atoms with Gasteiger partial charge in [-0.3, -0.25) is 4.79 Å². The first-order chi connectivity index (χ1) is 5.77. The molecule has 1 saturated carbocycles. The summed E-state index contributed by atoms with van der Waals surface area (Å²) in [5, 5.41) is 0. The highest BCUT2D eigenvalue weighted by molar-refractivity contribution is 14.1. The van der Waals surface area contributed by atoms with Gasteiger partial charge in [0.2, 0.25) is 0 Å². The molecule has 0 aromatic heterocycles. The molecule has 0 amide bonds. The number of benzene rings is 1. The summed E-state index contributed by atoms with van der Waals surface area (Å²) in [6.07, 6.45) is 2.18. The van der Waals surface area contributed by atoms with Gasteiger partial charge < -0.3 is 0 Å². The number of carbonyl (C=O) groups is 1. The van der Waals surface area contributed by atoms with Crippen molar-refractivity contribution in [1.82, 2.24) is 0 Å². The molecule has 0 aliphatic heterocycles. The van der Waals surface area contributed by atoms with E-state index in [2.05, 4.69) is 22.6 Å². The van der Waals surface area contributed by atoms with E-state index >= 15 is 0 Å². The van der Waals surface area contributed by atoms with Crippen LogP contribution in [0.3, 0.4) is 0 Å². The zero-order valence-corrected chi connectivity index (χ0v) is 8.74. The Morgan fingerprint density at radius 3 is 2.75 bits per heavy atom. The van der Waals surface area contributed by atoms with Crippen LogP contribution in [0.15, 0.2) is 24.3 Å². The minimum atomic E-state index is 0.327. The summed E-state index contributed by atoms with van der Waals surface area (Å²) in [7, 11) is 0.